The molecule has 140 valence electrons. The Balaban J connectivity index is 1.52. The zero-order chi connectivity index (χ0) is 19.0. The second kappa shape index (κ2) is 6.82. The maximum absolute atomic E-state index is 12.4. The SMILES string of the molecule is CC1(C)NC(=O)N(CCN2Cc3ccccc3[C@H](c3ccccc3)C2)C1=O. The number of hydrogen-bond donors (Lipinski definition) is 1. The zero-order valence-corrected chi connectivity index (χ0v) is 15.8. The lowest BCUT2D eigenvalue weighted by Crippen LogP contribution is -2.43. The van der Waals surface area contributed by atoms with Gasteiger partial charge in [0.1, 0.15) is 5.54 Å². The van der Waals surface area contributed by atoms with Crippen molar-refractivity contribution in [3.8, 4) is 0 Å². The van der Waals surface area contributed by atoms with Crippen LogP contribution in [-0.2, 0) is 11.3 Å². The van der Waals surface area contributed by atoms with E-state index in [1.54, 1.807) is 13.8 Å². The molecule has 2 aromatic rings. The first kappa shape index (κ1) is 17.7. The summed E-state index contributed by atoms with van der Waals surface area (Å²) < 4.78 is 0. The van der Waals surface area contributed by atoms with Crippen molar-refractivity contribution in [3.05, 3.63) is 71.3 Å². The predicted molar refractivity (Wildman–Crippen MR) is 104 cm³/mol. The molecule has 1 saturated heterocycles. The van der Waals surface area contributed by atoms with Crippen LogP contribution in [0.5, 0.6) is 0 Å². The lowest BCUT2D eigenvalue weighted by atomic mass is 9.85. The van der Waals surface area contributed by atoms with Crippen molar-refractivity contribution in [1.82, 2.24) is 15.1 Å². The average molecular weight is 363 g/mol. The van der Waals surface area contributed by atoms with Gasteiger partial charge in [-0.1, -0.05) is 54.6 Å². The Bertz CT molecular complexity index is 863. The van der Waals surface area contributed by atoms with Crippen molar-refractivity contribution >= 4 is 11.9 Å². The monoisotopic (exact) mass is 363 g/mol. The standard InChI is InChI=1S/C22H25N3O2/c1-22(2)20(26)25(21(27)23-22)13-12-24-14-17-10-6-7-11-18(17)19(15-24)16-8-4-3-5-9-16/h3-11,19H,12-15H2,1-2H3,(H,23,27)/t19-/m0/s1. The van der Waals surface area contributed by atoms with E-state index in [0.29, 0.717) is 19.0 Å². The Kier molecular flexibility index (Phi) is 4.48. The fourth-order valence-corrected chi connectivity index (χ4v) is 4.08. The molecule has 1 N–H and O–H groups in total. The van der Waals surface area contributed by atoms with Crippen LogP contribution in [0.2, 0.25) is 0 Å². The normalized spacial score (nSPS) is 21.9. The molecule has 4 rings (SSSR count). The molecule has 0 saturated carbocycles. The van der Waals surface area contributed by atoms with Crippen LogP contribution in [0.25, 0.3) is 0 Å². The van der Waals surface area contributed by atoms with Crippen LogP contribution in [-0.4, -0.2) is 46.9 Å². The third-order valence-electron chi connectivity index (χ3n) is 5.55. The van der Waals surface area contributed by atoms with Gasteiger partial charge in [-0.05, 0) is 30.5 Å². The summed E-state index contributed by atoms with van der Waals surface area (Å²) in [6.45, 7) is 6.30. The van der Waals surface area contributed by atoms with E-state index in [1.807, 2.05) is 6.07 Å². The molecule has 27 heavy (non-hydrogen) atoms. The smallest absolute Gasteiger partial charge is 0.324 e. The molecule has 0 aromatic heterocycles. The van der Waals surface area contributed by atoms with E-state index in [9.17, 15) is 9.59 Å². The molecule has 5 heteroatoms. The highest BCUT2D eigenvalue weighted by Gasteiger charge is 2.44. The molecule has 2 aromatic carbocycles. The first-order valence-electron chi connectivity index (χ1n) is 9.45. The van der Waals surface area contributed by atoms with E-state index in [2.05, 4.69) is 58.7 Å². The van der Waals surface area contributed by atoms with Crippen molar-refractivity contribution in [1.29, 1.82) is 0 Å². The Morgan fingerprint density at radius 2 is 1.70 bits per heavy atom. The number of urea groups is 1. The number of rotatable bonds is 4. The lowest BCUT2D eigenvalue weighted by Gasteiger charge is -2.35. The van der Waals surface area contributed by atoms with E-state index >= 15 is 0 Å². The third-order valence-corrected chi connectivity index (χ3v) is 5.55. The largest absolute Gasteiger partial charge is 0.325 e. The zero-order valence-electron chi connectivity index (χ0n) is 15.8. The number of carbonyl (C=O) groups excluding carboxylic acids is 2. The number of amides is 3. The Labute approximate surface area is 160 Å². The molecule has 2 aliphatic heterocycles. The highest BCUT2D eigenvalue weighted by molar-refractivity contribution is 6.06. The highest BCUT2D eigenvalue weighted by Crippen LogP contribution is 2.33. The van der Waals surface area contributed by atoms with Gasteiger partial charge in [-0.15, -0.1) is 0 Å². The van der Waals surface area contributed by atoms with Gasteiger partial charge in [0.05, 0.1) is 0 Å². The fourth-order valence-electron chi connectivity index (χ4n) is 4.08. The minimum atomic E-state index is -0.807. The second-order valence-electron chi connectivity index (χ2n) is 7.91. The Hall–Kier alpha value is -2.66. The second-order valence-corrected chi connectivity index (χ2v) is 7.91. The van der Waals surface area contributed by atoms with Crippen LogP contribution < -0.4 is 5.32 Å². The summed E-state index contributed by atoms with van der Waals surface area (Å²) in [5.41, 5.74) is 3.18. The van der Waals surface area contributed by atoms with Crippen LogP contribution in [0, 0.1) is 0 Å². The molecule has 0 radical (unpaired) electrons. The lowest BCUT2D eigenvalue weighted by molar-refractivity contribution is -0.130. The van der Waals surface area contributed by atoms with Crippen LogP contribution in [0.4, 0.5) is 4.79 Å². The van der Waals surface area contributed by atoms with E-state index in [4.69, 9.17) is 0 Å². The van der Waals surface area contributed by atoms with Gasteiger partial charge in [0.2, 0.25) is 0 Å². The molecule has 2 aliphatic rings. The fraction of sp³-hybridized carbons (Fsp3) is 0.364. The minimum Gasteiger partial charge on any atom is -0.324 e. The molecule has 1 atom stereocenters. The molecule has 2 heterocycles. The van der Waals surface area contributed by atoms with Gasteiger partial charge in [-0.25, -0.2) is 4.79 Å². The molecular weight excluding hydrogens is 338 g/mol. The summed E-state index contributed by atoms with van der Waals surface area (Å²) in [5, 5.41) is 2.75. The molecule has 0 bridgehead atoms. The highest BCUT2D eigenvalue weighted by atomic mass is 16.2. The van der Waals surface area contributed by atoms with E-state index in [1.165, 1.54) is 21.6 Å². The van der Waals surface area contributed by atoms with E-state index in [-0.39, 0.29) is 11.9 Å². The number of benzene rings is 2. The van der Waals surface area contributed by atoms with Crippen molar-refractivity contribution in [2.75, 3.05) is 19.6 Å². The first-order valence-corrected chi connectivity index (χ1v) is 9.45. The Morgan fingerprint density at radius 3 is 2.41 bits per heavy atom. The average Bonchev–Trinajstić information content (AvgIpc) is 2.87. The molecule has 0 aliphatic carbocycles. The molecular formula is C22H25N3O2. The first-order chi connectivity index (χ1) is 13.0. The number of nitrogens with zero attached hydrogens (tertiary/aromatic N) is 2. The van der Waals surface area contributed by atoms with Gasteiger partial charge in [0.15, 0.2) is 0 Å². The summed E-state index contributed by atoms with van der Waals surface area (Å²) in [4.78, 5) is 28.2. The summed E-state index contributed by atoms with van der Waals surface area (Å²) in [6, 6.07) is 18.8. The van der Waals surface area contributed by atoms with Gasteiger partial charge >= 0.3 is 6.03 Å². The van der Waals surface area contributed by atoms with Crippen molar-refractivity contribution in [2.24, 2.45) is 0 Å². The number of nitrogens with one attached hydrogen (secondary N) is 1. The number of fused-ring (bicyclic) bond motifs is 1. The topological polar surface area (TPSA) is 52.7 Å². The van der Waals surface area contributed by atoms with Crippen molar-refractivity contribution in [2.45, 2.75) is 31.8 Å². The number of carbonyl (C=O) groups is 2. The Morgan fingerprint density at radius 1 is 1.00 bits per heavy atom. The van der Waals surface area contributed by atoms with Gasteiger partial charge in [-0.3, -0.25) is 14.6 Å². The van der Waals surface area contributed by atoms with Crippen molar-refractivity contribution in [3.63, 3.8) is 0 Å². The maximum Gasteiger partial charge on any atom is 0.325 e. The minimum absolute atomic E-state index is 0.149. The summed E-state index contributed by atoms with van der Waals surface area (Å²) in [6.07, 6.45) is 0. The van der Waals surface area contributed by atoms with Gasteiger partial charge in [0, 0.05) is 32.1 Å². The molecule has 0 unspecified atom stereocenters. The van der Waals surface area contributed by atoms with Crippen molar-refractivity contribution < 1.29 is 9.59 Å². The third kappa shape index (κ3) is 3.35. The quantitative estimate of drug-likeness (QED) is 0.850. The van der Waals surface area contributed by atoms with Gasteiger partial charge < -0.3 is 5.32 Å². The molecule has 5 nitrogen and oxygen atoms in total. The molecule has 1 fully saturated rings. The van der Waals surface area contributed by atoms with Gasteiger partial charge in [-0.2, -0.15) is 0 Å². The predicted octanol–water partition coefficient (Wildman–Crippen LogP) is 2.96. The summed E-state index contributed by atoms with van der Waals surface area (Å²) >= 11 is 0. The molecule has 3 amide bonds. The van der Waals surface area contributed by atoms with E-state index < -0.39 is 5.54 Å². The van der Waals surface area contributed by atoms with Gasteiger partial charge in [0.25, 0.3) is 5.91 Å². The summed E-state index contributed by atoms with van der Waals surface area (Å²) in [5.74, 6) is 0.153. The number of hydrogen-bond acceptors (Lipinski definition) is 3. The van der Waals surface area contributed by atoms with Crippen LogP contribution in [0.15, 0.2) is 54.6 Å². The van der Waals surface area contributed by atoms with E-state index in [0.717, 1.165) is 13.1 Å². The number of imide groups is 1. The van der Waals surface area contributed by atoms with Crippen LogP contribution in [0.3, 0.4) is 0 Å². The van der Waals surface area contributed by atoms with Crippen LogP contribution >= 0.6 is 0 Å². The molecule has 0 spiro atoms. The maximum atomic E-state index is 12.4. The van der Waals surface area contributed by atoms with Crippen LogP contribution in [0.1, 0.15) is 36.5 Å². The summed E-state index contributed by atoms with van der Waals surface area (Å²) in [7, 11) is 0.